The van der Waals surface area contributed by atoms with Crippen molar-refractivity contribution in [3.63, 3.8) is 0 Å². The second-order valence-corrected chi connectivity index (χ2v) is 10.3. The standard InChI is InChI=1S/C29H32F3N7O2.ClH.4H3N.4H2/c30-29(31,32)21-8-7-9-23(18-21)33-25(41)19-24(40)20-10-12-22(13-11-20)34-26-35-27(38-14-3-1-4-15-38)37-28(36-26)39-16-5-2-6-17-39;;;;;;;;;/h7-13,18H,1-6,14-17,19H2,(H,33,41)(H,34,35,36,37);1H;4*1H3;4*1H. The Hall–Kier alpha value is -4.09. The number of benzene rings is 2. The summed E-state index contributed by atoms with van der Waals surface area (Å²) < 4.78 is 38.8. The maximum absolute atomic E-state index is 12.9. The molecule has 0 atom stereocenters. The Morgan fingerprint density at radius 2 is 1.26 bits per heavy atom. The Kier molecular flexibility index (Phi) is 17.1. The highest BCUT2D eigenvalue weighted by Gasteiger charge is 2.30. The van der Waals surface area contributed by atoms with E-state index in [0.29, 0.717) is 29.1 Å². The van der Waals surface area contributed by atoms with Gasteiger partial charge in [0.15, 0.2) is 5.78 Å². The summed E-state index contributed by atoms with van der Waals surface area (Å²) in [6.45, 7) is 3.62. The Morgan fingerprint density at radius 3 is 1.76 bits per heavy atom. The normalized spacial score (nSPS) is 14.2. The van der Waals surface area contributed by atoms with E-state index in [4.69, 9.17) is 4.98 Å². The van der Waals surface area contributed by atoms with Gasteiger partial charge in [0.2, 0.25) is 23.8 Å². The van der Waals surface area contributed by atoms with Gasteiger partial charge in [-0.1, -0.05) is 6.07 Å². The molecule has 0 bridgehead atoms. The van der Waals surface area contributed by atoms with E-state index in [1.807, 2.05) is 0 Å². The Bertz CT molecular complexity index is 1370. The molecule has 1 aromatic heterocycles. The Balaban J connectivity index is -0.000000750. The van der Waals surface area contributed by atoms with E-state index in [9.17, 15) is 22.8 Å². The maximum atomic E-state index is 12.9. The summed E-state index contributed by atoms with van der Waals surface area (Å²) >= 11 is 0. The van der Waals surface area contributed by atoms with Crippen LogP contribution in [0, 0.1) is 0 Å². The minimum Gasteiger partial charge on any atom is -0.344 e. The molecule has 3 heterocycles. The number of ketones is 1. The topological polar surface area (TPSA) is 243 Å². The van der Waals surface area contributed by atoms with Crippen LogP contribution in [0.3, 0.4) is 0 Å². The Morgan fingerprint density at radius 1 is 0.739 bits per heavy atom. The van der Waals surface area contributed by atoms with Crippen molar-refractivity contribution in [1.82, 2.24) is 39.6 Å². The first-order chi connectivity index (χ1) is 19.7. The van der Waals surface area contributed by atoms with Crippen LogP contribution in [0.2, 0.25) is 0 Å². The molecular weight excluding hydrogens is 627 g/mol. The van der Waals surface area contributed by atoms with E-state index in [-0.39, 0.29) is 48.4 Å². The molecule has 3 aromatic rings. The summed E-state index contributed by atoms with van der Waals surface area (Å²) in [4.78, 5) is 43.5. The van der Waals surface area contributed by atoms with Crippen LogP contribution in [0.5, 0.6) is 0 Å². The minimum atomic E-state index is -4.53. The number of anilines is 5. The van der Waals surface area contributed by atoms with Gasteiger partial charge in [-0.15, -0.1) is 12.4 Å². The fourth-order valence-corrected chi connectivity index (χ4v) is 4.98. The number of nitrogens with one attached hydrogen (secondary N) is 2. The molecule has 14 N–H and O–H groups in total. The number of hydrogen-bond acceptors (Lipinski definition) is 12. The Labute approximate surface area is 278 Å². The molecule has 2 aliphatic heterocycles. The van der Waals surface area contributed by atoms with Crippen molar-refractivity contribution < 1.29 is 28.5 Å². The zero-order valence-corrected chi connectivity index (χ0v) is 26.6. The quantitative estimate of drug-likeness (QED) is 0.0983. The van der Waals surface area contributed by atoms with Gasteiger partial charge < -0.3 is 45.0 Å². The largest absolute Gasteiger partial charge is 0.416 e. The van der Waals surface area contributed by atoms with Crippen molar-refractivity contribution in [3.8, 4) is 0 Å². The number of carbonyl (C=O) groups excluding carboxylic acids is 2. The van der Waals surface area contributed by atoms with Crippen molar-refractivity contribution in [2.45, 2.75) is 51.1 Å². The van der Waals surface area contributed by atoms with Crippen LogP contribution in [0.15, 0.2) is 48.5 Å². The van der Waals surface area contributed by atoms with Crippen LogP contribution in [-0.2, 0) is 11.0 Å². The molecule has 0 saturated carbocycles. The van der Waals surface area contributed by atoms with E-state index in [2.05, 4.69) is 30.4 Å². The third kappa shape index (κ3) is 11.1. The van der Waals surface area contributed by atoms with Gasteiger partial charge in [-0.25, -0.2) is 0 Å². The molecule has 1 amide bonds. The highest BCUT2D eigenvalue weighted by atomic mass is 35.5. The molecule has 13 nitrogen and oxygen atoms in total. The minimum absolute atomic E-state index is 0. The number of alkyl halides is 3. The van der Waals surface area contributed by atoms with Crippen molar-refractivity contribution in [2.75, 3.05) is 46.6 Å². The van der Waals surface area contributed by atoms with Crippen molar-refractivity contribution in [1.29, 1.82) is 0 Å². The lowest BCUT2D eigenvalue weighted by Crippen LogP contribution is -2.34. The molecule has 46 heavy (non-hydrogen) atoms. The third-order valence-electron chi connectivity index (χ3n) is 7.15. The average molecular weight is 680 g/mol. The number of rotatable bonds is 8. The molecule has 0 radical (unpaired) electrons. The SMILES string of the molecule is Cl.N.N.N.N.O=C(CC(=O)c1ccc(Nc2nc(N3CCCCC3)nc(N3CCCCC3)n2)cc1)Nc1cccc(C(F)(F)F)c1.[HH].[HH].[HH].[HH]. The first-order valence-electron chi connectivity index (χ1n) is 13.9. The maximum Gasteiger partial charge on any atom is 0.416 e. The monoisotopic (exact) mass is 679 g/mol. The summed E-state index contributed by atoms with van der Waals surface area (Å²) in [6.07, 6.45) is 1.75. The number of aromatic nitrogens is 3. The molecule has 2 aliphatic rings. The second kappa shape index (κ2) is 18.8. The lowest BCUT2D eigenvalue weighted by atomic mass is 10.1. The number of hydrogen-bond donors (Lipinski definition) is 6. The van der Waals surface area contributed by atoms with E-state index in [1.54, 1.807) is 24.3 Å². The predicted molar refractivity (Wildman–Crippen MR) is 186 cm³/mol. The second-order valence-electron chi connectivity index (χ2n) is 10.3. The summed E-state index contributed by atoms with van der Waals surface area (Å²) in [7, 11) is 0. The smallest absolute Gasteiger partial charge is 0.344 e. The third-order valence-corrected chi connectivity index (χ3v) is 7.15. The average Bonchev–Trinajstić information content (AvgIpc) is 2.98. The van der Waals surface area contributed by atoms with Crippen LogP contribution >= 0.6 is 12.4 Å². The van der Waals surface area contributed by atoms with Gasteiger partial charge in [0.25, 0.3) is 0 Å². The van der Waals surface area contributed by atoms with Crippen molar-refractivity contribution in [3.05, 3.63) is 59.7 Å². The number of nitrogens with zero attached hydrogens (tertiary/aromatic N) is 5. The molecule has 264 valence electrons. The van der Waals surface area contributed by atoms with Crippen LogP contribution in [-0.4, -0.2) is 52.8 Å². The summed E-state index contributed by atoms with van der Waals surface area (Å²) in [5.74, 6) is 0.571. The van der Waals surface area contributed by atoms with Crippen LogP contribution in [0.1, 0.15) is 66.6 Å². The lowest BCUT2D eigenvalue weighted by Gasteiger charge is -2.30. The van der Waals surface area contributed by atoms with Crippen molar-refractivity contribution in [2.24, 2.45) is 0 Å². The van der Waals surface area contributed by atoms with Crippen LogP contribution in [0.4, 0.5) is 42.4 Å². The van der Waals surface area contributed by atoms with E-state index in [1.165, 1.54) is 25.0 Å². The molecular formula is C29H53ClF3N11O2. The first-order valence-corrected chi connectivity index (χ1v) is 13.9. The van der Waals surface area contributed by atoms with Crippen molar-refractivity contribution >= 4 is 53.3 Å². The number of carbonyl (C=O) groups is 2. The molecule has 2 fully saturated rings. The van der Waals surface area contributed by atoms with Gasteiger partial charge in [-0.2, -0.15) is 28.1 Å². The molecule has 0 spiro atoms. The fourth-order valence-electron chi connectivity index (χ4n) is 4.98. The van der Waals surface area contributed by atoms with E-state index >= 15 is 0 Å². The van der Waals surface area contributed by atoms with Gasteiger partial charge in [-0.05, 0) is 81.0 Å². The molecule has 5 rings (SSSR count). The molecule has 2 saturated heterocycles. The number of amides is 1. The fraction of sp³-hybridized carbons (Fsp3) is 0.414. The first kappa shape index (κ1) is 41.9. The molecule has 2 aromatic carbocycles. The predicted octanol–water partition coefficient (Wildman–Crippen LogP) is 7.88. The summed E-state index contributed by atoms with van der Waals surface area (Å²) in [5, 5.41) is 5.58. The zero-order valence-electron chi connectivity index (χ0n) is 25.8. The number of halogens is 4. The molecule has 17 heteroatoms. The number of Topliss-reactive ketones (excluding diaryl/α,β-unsaturated/α-hetero) is 1. The summed E-state index contributed by atoms with van der Waals surface area (Å²) in [5.41, 5.74) is 0.0557. The highest BCUT2D eigenvalue weighted by molar-refractivity contribution is 6.11. The van der Waals surface area contributed by atoms with E-state index < -0.39 is 29.9 Å². The van der Waals surface area contributed by atoms with Crippen LogP contribution < -0.4 is 45.0 Å². The highest BCUT2D eigenvalue weighted by Crippen LogP contribution is 2.31. The van der Waals surface area contributed by atoms with Crippen LogP contribution in [0.25, 0.3) is 0 Å². The van der Waals surface area contributed by atoms with Gasteiger partial charge in [0.05, 0.1) is 12.0 Å². The lowest BCUT2D eigenvalue weighted by molar-refractivity contribution is -0.137. The molecule has 0 unspecified atom stereocenters. The van der Waals surface area contributed by atoms with E-state index in [0.717, 1.165) is 64.0 Å². The number of piperidine rings is 2. The van der Waals surface area contributed by atoms with Gasteiger partial charge in [-0.3, -0.25) is 9.59 Å². The van der Waals surface area contributed by atoms with Gasteiger partial charge >= 0.3 is 6.18 Å². The van der Waals surface area contributed by atoms with Gasteiger partial charge in [0, 0.05) is 48.8 Å². The molecule has 0 aliphatic carbocycles. The zero-order chi connectivity index (χ0) is 28.8. The summed E-state index contributed by atoms with van der Waals surface area (Å²) in [6, 6.07) is 10.8. The van der Waals surface area contributed by atoms with Gasteiger partial charge in [0.1, 0.15) is 0 Å².